The lowest BCUT2D eigenvalue weighted by Crippen LogP contribution is -2.70. The van der Waals surface area contributed by atoms with Gasteiger partial charge in [0.1, 0.15) is 11.4 Å². The number of carbonyl (C=O) groups is 2. The van der Waals surface area contributed by atoms with Gasteiger partial charge in [0, 0.05) is 29.6 Å². The first-order valence-corrected chi connectivity index (χ1v) is 14.3. The number of carbonyl (C=O) groups excluding carboxylic acids is 2. The van der Waals surface area contributed by atoms with Gasteiger partial charge in [-0.2, -0.15) is 0 Å². The number of Topliss-reactive ketones (excluding diaryl/α,β-unsaturated/α-hetero) is 2. The zero-order valence-corrected chi connectivity index (χ0v) is 24.8. The molecule has 3 saturated carbocycles. The van der Waals surface area contributed by atoms with Gasteiger partial charge in [0.15, 0.2) is 5.78 Å². The molecule has 4 aliphatic carbocycles. The van der Waals surface area contributed by atoms with Gasteiger partial charge in [0.05, 0.1) is 23.9 Å². The van der Waals surface area contributed by atoms with E-state index in [0.717, 1.165) is 5.57 Å². The van der Waals surface area contributed by atoms with E-state index in [0.29, 0.717) is 19.3 Å². The standard InChI is InChI=1S/C31H50O7/c1-25(2,37)12-11-21(34)31(9,38)23-20(33)15-29(7)27(23,5)16-22(35)30(8)18-14-19(32)24(36)26(3,4)17(18)10-13-28(29,30)6/h10,18-20,23-24,32-33,36-38H,11-16H2,1-9H3/t18-,19+,20-,23+,24+,27-,28+,29-,30-,31+/m1/s1. The molecule has 0 bridgehead atoms. The van der Waals surface area contributed by atoms with Crippen molar-refractivity contribution in [2.45, 2.75) is 130 Å². The van der Waals surface area contributed by atoms with E-state index in [1.54, 1.807) is 13.8 Å². The Morgan fingerprint density at radius 1 is 0.974 bits per heavy atom. The van der Waals surface area contributed by atoms with Gasteiger partial charge in [-0.15, -0.1) is 0 Å². The number of fused-ring (bicyclic) bond motifs is 5. The topological polar surface area (TPSA) is 135 Å². The molecule has 7 heteroatoms. The van der Waals surface area contributed by atoms with E-state index in [-0.39, 0.29) is 31.0 Å². The highest BCUT2D eigenvalue weighted by atomic mass is 16.3. The SMILES string of the molecule is CC(C)(O)CCC(=O)[C@](C)(O)[C@H]1[C@H](O)C[C@@]2(C)[C@]3(C)CC=C4[C@@H](C[C@H](O)[C@H](O)C4(C)C)[C@]3(C)C(=O)C[C@]12C. The van der Waals surface area contributed by atoms with Crippen molar-refractivity contribution in [2.24, 2.45) is 38.9 Å². The summed E-state index contributed by atoms with van der Waals surface area (Å²) in [5, 5.41) is 55.2. The lowest BCUT2D eigenvalue weighted by molar-refractivity contribution is -0.215. The molecule has 0 heterocycles. The van der Waals surface area contributed by atoms with Crippen LogP contribution in [0.1, 0.15) is 101 Å². The normalized spacial score (nSPS) is 47.9. The fourth-order valence-electron chi connectivity index (χ4n) is 9.82. The molecule has 0 unspecified atom stereocenters. The molecule has 38 heavy (non-hydrogen) atoms. The Morgan fingerprint density at radius 3 is 2.11 bits per heavy atom. The van der Waals surface area contributed by atoms with Crippen LogP contribution in [-0.4, -0.2) is 66.6 Å². The van der Waals surface area contributed by atoms with Gasteiger partial charge in [0.2, 0.25) is 0 Å². The number of aliphatic hydroxyl groups is 5. The van der Waals surface area contributed by atoms with Crippen molar-refractivity contribution in [3.63, 3.8) is 0 Å². The number of hydrogen-bond donors (Lipinski definition) is 5. The molecular formula is C31H50O7. The minimum atomic E-state index is -1.87. The summed E-state index contributed by atoms with van der Waals surface area (Å²) >= 11 is 0. The van der Waals surface area contributed by atoms with Crippen LogP contribution in [-0.2, 0) is 9.59 Å². The molecule has 7 nitrogen and oxygen atoms in total. The maximum absolute atomic E-state index is 14.5. The van der Waals surface area contributed by atoms with Crippen LogP contribution in [0.4, 0.5) is 0 Å². The second-order valence-corrected chi connectivity index (χ2v) is 15.4. The Bertz CT molecular complexity index is 1050. The van der Waals surface area contributed by atoms with Gasteiger partial charge in [-0.3, -0.25) is 9.59 Å². The number of aliphatic hydroxyl groups excluding tert-OH is 3. The Hall–Kier alpha value is -1.12. The van der Waals surface area contributed by atoms with Crippen LogP contribution in [0, 0.1) is 38.9 Å². The van der Waals surface area contributed by atoms with E-state index in [1.807, 2.05) is 27.7 Å². The van der Waals surface area contributed by atoms with Gasteiger partial charge in [-0.05, 0) is 68.6 Å². The summed E-state index contributed by atoms with van der Waals surface area (Å²) in [5.41, 5.74) is -5.55. The average molecular weight is 535 g/mol. The van der Waals surface area contributed by atoms with Crippen LogP contribution >= 0.6 is 0 Å². The molecule has 0 spiro atoms. The Morgan fingerprint density at radius 2 is 1.55 bits per heavy atom. The Kier molecular flexibility index (Phi) is 6.64. The van der Waals surface area contributed by atoms with Gasteiger partial charge in [-0.1, -0.05) is 53.2 Å². The number of hydrogen-bond acceptors (Lipinski definition) is 7. The molecule has 3 fully saturated rings. The molecule has 0 aliphatic heterocycles. The van der Waals surface area contributed by atoms with Crippen LogP contribution < -0.4 is 0 Å². The summed E-state index contributed by atoms with van der Waals surface area (Å²) in [6.45, 7) is 16.7. The zero-order valence-electron chi connectivity index (χ0n) is 24.8. The first-order chi connectivity index (χ1) is 17.0. The highest BCUT2D eigenvalue weighted by Crippen LogP contribution is 2.79. The monoisotopic (exact) mass is 534 g/mol. The molecular weight excluding hydrogens is 484 g/mol. The van der Waals surface area contributed by atoms with Crippen molar-refractivity contribution in [3.8, 4) is 0 Å². The minimum absolute atomic E-state index is 0.0220. The summed E-state index contributed by atoms with van der Waals surface area (Å²) in [6, 6.07) is 0. The predicted octanol–water partition coefficient (Wildman–Crippen LogP) is 3.33. The van der Waals surface area contributed by atoms with E-state index in [2.05, 4.69) is 19.9 Å². The van der Waals surface area contributed by atoms with Crippen LogP contribution in [0.5, 0.6) is 0 Å². The zero-order chi connectivity index (χ0) is 29.1. The second kappa shape index (κ2) is 8.45. The van der Waals surface area contributed by atoms with Gasteiger partial charge < -0.3 is 25.5 Å². The van der Waals surface area contributed by atoms with E-state index in [4.69, 9.17) is 0 Å². The molecule has 0 aromatic carbocycles. The van der Waals surface area contributed by atoms with Gasteiger partial charge in [0.25, 0.3) is 0 Å². The molecule has 5 N–H and O–H groups in total. The number of rotatable bonds is 5. The molecule has 0 amide bonds. The van der Waals surface area contributed by atoms with Crippen molar-refractivity contribution in [3.05, 3.63) is 11.6 Å². The minimum Gasteiger partial charge on any atom is -0.393 e. The van der Waals surface area contributed by atoms with E-state index in [1.165, 1.54) is 6.92 Å². The van der Waals surface area contributed by atoms with Crippen molar-refractivity contribution >= 4 is 11.6 Å². The maximum atomic E-state index is 14.5. The maximum Gasteiger partial charge on any atom is 0.164 e. The first-order valence-electron chi connectivity index (χ1n) is 14.3. The van der Waals surface area contributed by atoms with E-state index in [9.17, 15) is 35.1 Å². The van der Waals surface area contributed by atoms with Crippen molar-refractivity contribution in [1.29, 1.82) is 0 Å². The Balaban J connectivity index is 1.82. The average Bonchev–Trinajstić information content (AvgIpc) is 2.98. The number of ketones is 2. The van der Waals surface area contributed by atoms with Crippen LogP contribution in [0.2, 0.25) is 0 Å². The van der Waals surface area contributed by atoms with Crippen LogP contribution in [0.3, 0.4) is 0 Å². The first kappa shape index (κ1) is 29.9. The molecule has 4 aliphatic rings. The largest absolute Gasteiger partial charge is 0.393 e. The van der Waals surface area contributed by atoms with E-state index >= 15 is 0 Å². The third kappa shape index (κ3) is 3.57. The van der Waals surface area contributed by atoms with Gasteiger partial charge >= 0.3 is 0 Å². The van der Waals surface area contributed by atoms with Gasteiger partial charge in [-0.25, -0.2) is 0 Å². The molecule has 0 aromatic heterocycles. The van der Waals surface area contributed by atoms with Crippen LogP contribution in [0.15, 0.2) is 11.6 Å². The summed E-state index contributed by atoms with van der Waals surface area (Å²) in [7, 11) is 0. The third-order valence-corrected chi connectivity index (χ3v) is 12.7. The molecule has 0 saturated heterocycles. The molecule has 4 rings (SSSR count). The molecule has 10 atom stereocenters. The van der Waals surface area contributed by atoms with Crippen molar-refractivity contribution < 1.29 is 35.1 Å². The highest BCUT2D eigenvalue weighted by molar-refractivity contribution is 5.90. The van der Waals surface area contributed by atoms with Crippen LogP contribution in [0.25, 0.3) is 0 Å². The van der Waals surface area contributed by atoms with Crippen molar-refractivity contribution in [2.75, 3.05) is 0 Å². The summed E-state index contributed by atoms with van der Waals surface area (Å²) < 4.78 is 0. The van der Waals surface area contributed by atoms with E-state index < -0.39 is 68.3 Å². The quantitative estimate of drug-likeness (QED) is 0.341. The third-order valence-electron chi connectivity index (χ3n) is 12.7. The smallest absolute Gasteiger partial charge is 0.164 e. The molecule has 0 aromatic rings. The van der Waals surface area contributed by atoms with Crippen molar-refractivity contribution in [1.82, 2.24) is 0 Å². The predicted molar refractivity (Wildman–Crippen MR) is 144 cm³/mol. The lowest BCUT2D eigenvalue weighted by Gasteiger charge is -2.70. The fraction of sp³-hybridized carbons (Fsp3) is 0.871. The summed E-state index contributed by atoms with van der Waals surface area (Å²) in [6.07, 6.45) is 0.759. The number of allylic oxidation sites excluding steroid dienone is 1. The summed E-state index contributed by atoms with van der Waals surface area (Å²) in [5.74, 6) is -1.51. The molecule has 0 radical (unpaired) electrons. The summed E-state index contributed by atoms with van der Waals surface area (Å²) in [4.78, 5) is 27.8. The molecule has 216 valence electrons. The Labute approximate surface area is 227 Å². The lowest BCUT2D eigenvalue weighted by atomic mass is 9.32. The highest BCUT2D eigenvalue weighted by Gasteiger charge is 2.78. The second-order valence-electron chi connectivity index (χ2n) is 15.4. The fourth-order valence-corrected chi connectivity index (χ4v) is 9.82.